The lowest BCUT2D eigenvalue weighted by atomic mass is 10.2. The molecule has 2 rings (SSSR count). The summed E-state index contributed by atoms with van der Waals surface area (Å²) in [6, 6.07) is -0.570. The maximum absolute atomic E-state index is 12.7. The highest BCUT2D eigenvalue weighted by atomic mass is 19.3. The maximum Gasteiger partial charge on any atom is 0.253 e. The van der Waals surface area contributed by atoms with Crippen LogP contribution in [0.25, 0.3) is 0 Å². The summed E-state index contributed by atoms with van der Waals surface area (Å²) < 4.78 is 27.3. The predicted octanol–water partition coefficient (Wildman–Crippen LogP) is 1.96. The van der Waals surface area contributed by atoms with Gasteiger partial charge in [0.2, 0.25) is 0 Å². The van der Waals surface area contributed by atoms with E-state index < -0.39 is 12.5 Å². The number of aromatic nitrogens is 2. The van der Waals surface area contributed by atoms with Crippen LogP contribution in [0.1, 0.15) is 24.1 Å². The summed E-state index contributed by atoms with van der Waals surface area (Å²) in [6.07, 6.45) is 1.01. The van der Waals surface area contributed by atoms with Crippen LogP contribution < -0.4 is 0 Å². The van der Waals surface area contributed by atoms with E-state index in [9.17, 15) is 8.78 Å². The third-order valence-corrected chi connectivity index (χ3v) is 3.42. The van der Waals surface area contributed by atoms with Crippen molar-refractivity contribution < 1.29 is 8.78 Å². The minimum Gasteiger partial charge on any atom is -0.291 e. The molecule has 2 heterocycles. The number of hydrogen-bond donors (Lipinski definition) is 0. The summed E-state index contributed by atoms with van der Waals surface area (Å²) in [7, 11) is 1.87. The van der Waals surface area contributed by atoms with E-state index >= 15 is 0 Å². The van der Waals surface area contributed by atoms with Gasteiger partial charge in [-0.05, 0) is 26.3 Å². The molecular weight excluding hydrogens is 212 g/mol. The zero-order valence-corrected chi connectivity index (χ0v) is 9.66. The Labute approximate surface area is 94.0 Å². The Kier molecular flexibility index (Phi) is 3.23. The van der Waals surface area contributed by atoms with Crippen LogP contribution in [0, 0.1) is 6.92 Å². The number of nitrogens with zero attached hydrogens (tertiary/aromatic N) is 3. The Bertz CT molecular complexity index is 362. The molecule has 0 unspecified atom stereocenters. The second-order valence-electron chi connectivity index (χ2n) is 4.39. The van der Waals surface area contributed by atoms with E-state index in [1.165, 1.54) is 0 Å². The number of halogens is 2. The van der Waals surface area contributed by atoms with E-state index in [0.29, 0.717) is 13.0 Å². The number of alkyl halides is 2. The molecule has 1 atom stereocenters. The summed E-state index contributed by atoms with van der Waals surface area (Å²) in [6.45, 7) is 3.33. The lowest BCUT2D eigenvalue weighted by molar-refractivity contribution is 0.0439. The first-order valence-corrected chi connectivity index (χ1v) is 5.59. The Morgan fingerprint density at radius 2 is 2.31 bits per heavy atom. The summed E-state index contributed by atoms with van der Waals surface area (Å²) in [5, 5.41) is 4.13. The molecule has 16 heavy (non-hydrogen) atoms. The molecule has 0 amide bonds. The molecule has 0 saturated carbocycles. The summed E-state index contributed by atoms with van der Waals surface area (Å²) in [5.41, 5.74) is 2.11. The van der Waals surface area contributed by atoms with E-state index in [0.717, 1.165) is 24.2 Å². The average molecular weight is 229 g/mol. The second-order valence-corrected chi connectivity index (χ2v) is 4.39. The monoisotopic (exact) mass is 229 g/mol. The van der Waals surface area contributed by atoms with Crippen molar-refractivity contribution in [3.8, 4) is 0 Å². The fourth-order valence-electron chi connectivity index (χ4n) is 2.25. The molecule has 0 N–H and O–H groups in total. The van der Waals surface area contributed by atoms with Crippen molar-refractivity contribution in [1.82, 2.24) is 14.7 Å². The molecule has 0 bridgehead atoms. The lowest BCUT2D eigenvalue weighted by Crippen LogP contribution is -2.34. The molecule has 1 aliphatic heterocycles. The van der Waals surface area contributed by atoms with Crippen molar-refractivity contribution in [3.05, 3.63) is 17.5 Å². The van der Waals surface area contributed by atoms with Gasteiger partial charge in [-0.3, -0.25) is 9.58 Å². The molecular formula is C11H17F2N3. The van der Waals surface area contributed by atoms with Crippen molar-refractivity contribution in [3.63, 3.8) is 0 Å². The summed E-state index contributed by atoms with van der Waals surface area (Å²) in [5.74, 6) is 0. The highest BCUT2D eigenvalue weighted by Gasteiger charge is 2.32. The number of hydrogen-bond acceptors (Lipinski definition) is 2. The Balaban J connectivity index is 2.07. The molecule has 1 fully saturated rings. The molecule has 3 nitrogen and oxygen atoms in total. The van der Waals surface area contributed by atoms with Gasteiger partial charge < -0.3 is 0 Å². The topological polar surface area (TPSA) is 21.1 Å². The van der Waals surface area contributed by atoms with Gasteiger partial charge in [0.05, 0.1) is 12.2 Å². The summed E-state index contributed by atoms with van der Waals surface area (Å²) >= 11 is 0. The van der Waals surface area contributed by atoms with Gasteiger partial charge in [-0.1, -0.05) is 0 Å². The van der Waals surface area contributed by atoms with Crippen LogP contribution in [0.15, 0.2) is 6.20 Å². The van der Waals surface area contributed by atoms with Crippen LogP contribution in [0.5, 0.6) is 0 Å². The van der Waals surface area contributed by atoms with Crippen molar-refractivity contribution in [2.45, 2.75) is 38.8 Å². The van der Waals surface area contributed by atoms with Gasteiger partial charge in [0.25, 0.3) is 6.43 Å². The van der Waals surface area contributed by atoms with Crippen molar-refractivity contribution in [2.75, 3.05) is 6.54 Å². The van der Waals surface area contributed by atoms with Crippen LogP contribution in [-0.2, 0) is 13.6 Å². The molecule has 1 aliphatic rings. The first kappa shape index (κ1) is 11.5. The molecule has 0 aromatic carbocycles. The predicted molar refractivity (Wildman–Crippen MR) is 57.4 cm³/mol. The minimum atomic E-state index is -2.24. The normalized spacial score (nSPS) is 22.2. The molecule has 1 saturated heterocycles. The zero-order valence-electron chi connectivity index (χ0n) is 9.66. The van der Waals surface area contributed by atoms with E-state index in [1.807, 2.05) is 18.9 Å². The van der Waals surface area contributed by atoms with E-state index in [4.69, 9.17) is 0 Å². The largest absolute Gasteiger partial charge is 0.291 e. The van der Waals surface area contributed by atoms with Crippen molar-refractivity contribution >= 4 is 0 Å². The molecule has 90 valence electrons. The Morgan fingerprint density at radius 1 is 1.56 bits per heavy atom. The third kappa shape index (κ3) is 2.09. The number of likely N-dealkylation sites (tertiary alicyclic amines) is 1. The average Bonchev–Trinajstić information content (AvgIpc) is 2.80. The Hall–Kier alpha value is -0.970. The quantitative estimate of drug-likeness (QED) is 0.790. The van der Waals surface area contributed by atoms with Crippen LogP contribution in [0.4, 0.5) is 8.78 Å². The minimum absolute atomic E-state index is 0.570. The molecule has 0 spiro atoms. The molecule has 1 aromatic rings. The Morgan fingerprint density at radius 3 is 2.88 bits per heavy atom. The van der Waals surface area contributed by atoms with E-state index in [1.54, 1.807) is 10.9 Å². The SMILES string of the molecule is Cc1c(CN2CCC[C@@H]2C(F)F)cnn1C. The fourth-order valence-corrected chi connectivity index (χ4v) is 2.25. The fraction of sp³-hybridized carbons (Fsp3) is 0.727. The van der Waals surface area contributed by atoms with Crippen LogP contribution in [0.2, 0.25) is 0 Å². The zero-order chi connectivity index (χ0) is 11.7. The van der Waals surface area contributed by atoms with Crippen molar-refractivity contribution in [2.24, 2.45) is 7.05 Å². The third-order valence-electron chi connectivity index (χ3n) is 3.42. The van der Waals surface area contributed by atoms with Gasteiger partial charge in [-0.15, -0.1) is 0 Å². The van der Waals surface area contributed by atoms with Crippen LogP contribution in [0.3, 0.4) is 0 Å². The van der Waals surface area contributed by atoms with Gasteiger partial charge in [0.1, 0.15) is 0 Å². The number of rotatable bonds is 3. The molecule has 0 aliphatic carbocycles. The van der Waals surface area contributed by atoms with E-state index in [2.05, 4.69) is 5.10 Å². The second kappa shape index (κ2) is 4.49. The van der Waals surface area contributed by atoms with Crippen LogP contribution in [-0.4, -0.2) is 33.7 Å². The van der Waals surface area contributed by atoms with E-state index in [-0.39, 0.29) is 0 Å². The lowest BCUT2D eigenvalue weighted by Gasteiger charge is -2.23. The molecule has 1 aromatic heterocycles. The molecule has 0 radical (unpaired) electrons. The van der Waals surface area contributed by atoms with Crippen LogP contribution >= 0.6 is 0 Å². The van der Waals surface area contributed by atoms with Crippen molar-refractivity contribution in [1.29, 1.82) is 0 Å². The maximum atomic E-state index is 12.7. The summed E-state index contributed by atoms with van der Waals surface area (Å²) in [4.78, 5) is 1.87. The highest BCUT2D eigenvalue weighted by Crippen LogP contribution is 2.25. The van der Waals surface area contributed by atoms with Gasteiger partial charge in [0.15, 0.2) is 0 Å². The first-order chi connectivity index (χ1) is 7.59. The first-order valence-electron chi connectivity index (χ1n) is 5.59. The van der Waals surface area contributed by atoms with Gasteiger partial charge in [0, 0.05) is 24.8 Å². The highest BCUT2D eigenvalue weighted by molar-refractivity contribution is 5.16. The van der Waals surface area contributed by atoms with Gasteiger partial charge in [-0.2, -0.15) is 5.10 Å². The standard InChI is InChI=1S/C11H17F2N3/c1-8-9(6-14-15(8)2)7-16-5-3-4-10(16)11(12)13/h6,10-11H,3-5,7H2,1-2H3/t10-/m1/s1. The number of aryl methyl sites for hydroxylation is 1. The van der Waals surface area contributed by atoms with Gasteiger partial charge in [-0.25, -0.2) is 8.78 Å². The molecule has 5 heteroatoms. The smallest absolute Gasteiger partial charge is 0.253 e. The van der Waals surface area contributed by atoms with Gasteiger partial charge >= 0.3 is 0 Å².